The Labute approximate surface area is 196 Å². The summed E-state index contributed by atoms with van der Waals surface area (Å²) in [4.78, 5) is 26.4. The number of nitrogens with one attached hydrogen (secondary N) is 1. The fraction of sp³-hybridized carbons (Fsp3) is 0.692. The summed E-state index contributed by atoms with van der Waals surface area (Å²) < 4.78 is 4.91. The van der Waals surface area contributed by atoms with E-state index >= 15 is 0 Å². The van der Waals surface area contributed by atoms with Crippen LogP contribution < -0.4 is 5.32 Å². The van der Waals surface area contributed by atoms with Gasteiger partial charge in [-0.2, -0.15) is 0 Å². The maximum absolute atomic E-state index is 13.1. The number of esters is 1. The molecule has 0 radical (unpaired) electrons. The normalized spacial score (nSPS) is 25.4. The molecule has 1 heterocycles. The molecule has 1 amide bonds. The summed E-state index contributed by atoms with van der Waals surface area (Å²) in [5, 5.41) is 14.3. The van der Waals surface area contributed by atoms with E-state index in [0.29, 0.717) is 10.6 Å². The molecular formula is C26H37NO4S. The molecule has 0 spiro atoms. The predicted octanol–water partition coefficient (Wildman–Crippen LogP) is 5.76. The molecule has 32 heavy (non-hydrogen) atoms. The molecule has 2 fully saturated rings. The van der Waals surface area contributed by atoms with Crippen LogP contribution in [0.5, 0.6) is 0 Å². The van der Waals surface area contributed by atoms with Gasteiger partial charge in [-0.3, -0.25) is 4.79 Å². The van der Waals surface area contributed by atoms with E-state index in [1.54, 1.807) is 6.07 Å². The van der Waals surface area contributed by atoms with Gasteiger partial charge in [-0.15, -0.1) is 11.3 Å². The van der Waals surface area contributed by atoms with E-state index in [0.717, 1.165) is 56.2 Å². The Morgan fingerprint density at radius 2 is 1.78 bits per heavy atom. The monoisotopic (exact) mass is 459 g/mol. The van der Waals surface area contributed by atoms with Crippen LogP contribution in [0.1, 0.15) is 100 Å². The molecular weight excluding hydrogens is 422 g/mol. The highest BCUT2D eigenvalue weighted by atomic mass is 32.1. The first-order valence-corrected chi connectivity index (χ1v) is 12.6. The van der Waals surface area contributed by atoms with E-state index in [9.17, 15) is 14.7 Å². The van der Waals surface area contributed by atoms with Crippen molar-refractivity contribution in [2.24, 2.45) is 16.7 Å². The molecule has 2 aliphatic carbocycles. The first kappa shape index (κ1) is 24.8. The molecule has 1 aromatic rings. The zero-order valence-corrected chi connectivity index (χ0v) is 20.9. The first-order chi connectivity index (χ1) is 15.0. The van der Waals surface area contributed by atoms with E-state index < -0.39 is 11.6 Å². The van der Waals surface area contributed by atoms with Gasteiger partial charge in [-0.25, -0.2) is 4.79 Å². The molecule has 1 aromatic heterocycles. The second kappa shape index (κ2) is 9.57. The van der Waals surface area contributed by atoms with Crippen LogP contribution in [0.15, 0.2) is 6.07 Å². The third-order valence-corrected chi connectivity index (χ3v) is 8.22. The van der Waals surface area contributed by atoms with Gasteiger partial charge in [0.2, 0.25) is 5.91 Å². The van der Waals surface area contributed by atoms with Gasteiger partial charge in [0, 0.05) is 11.3 Å². The molecule has 5 nitrogen and oxygen atoms in total. The summed E-state index contributed by atoms with van der Waals surface area (Å²) in [5.41, 5.74) is -0.405. The molecule has 2 aliphatic rings. The van der Waals surface area contributed by atoms with Crippen LogP contribution in [0.4, 0.5) is 5.69 Å². The molecule has 3 rings (SSSR count). The number of methoxy groups -OCH3 is 1. The zero-order valence-electron chi connectivity index (χ0n) is 20.1. The van der Waals surface area contributed by atoms with Crippen molar-refractivity contribution < 1.29 is 19.4 Å². The van der Waals surface area contributed by atoms with Crippen molar-refractivity contribution in [2.45, 2.75) is 91.1 Å². The van der Waals surface area contributed by atoms with Crippen molar-refractivity contribution in [3.8, 4) is 11.8 Å². The maximum Gasteiger partial charge on any atom is 0.350 e. The Hall–Kier alpha value is -1.84. The number of hydrogen-bond acceptors (Lipinski definition) is 5. The fourth-order valence-corrected chi connectivity index (χ4v) is 5.88. The number of ether oxygens (including phenoxy) is 1. The lowest BCUT2D eigenvalue weighted by molar-refractivity contribution is -0.133. The minimum Gasteiger partial charge on any atom is -0.465 e. The molecule has 0 saturated heterocycles. The number of aliphatic hydroxyl groups is 1. The molecule has 0 bridgehead atoms. The fourth-order valence-electron chi connectivity index (χ4n) is 5.00. The lowest BCUT2D eigenvalue weighted by atomic mass is 9.58. The predicted molar refractivity (Wildman–Crippen MR) is 129 cm³/mol. The number of hydrogen-bond donors (Lipinski definition) is 2. The smallest absolute Gasteiger partial charge is 0.350 e. The molecule has 2 saturated carbocycles. The van der Waals surface area contributed by atoms with Crippen LogP contribution in [-0.4, -0.2) is 29.7 Å². The standard InChI is InChI=1S/C26H37NO4S/c1-24(2,3)14-11-19-17-20(21(32-19)23(29)31-5)27-22(28)18-9-15-25(4,16-10-18)26(30)12-7-6-8-13-26/h17-18,30H,6-10,12-13,15-16H2,1-5H3,(H,27,28). The van der Waals surface area contributed by atoms with Gasteiger partial charge in [-0.1, -0.05) is 38.0 Å². The minimum atomic E-state index is -0.598. The number of anilines is 1. The highest BCUT2D eigenvalue weighted by Gasteiger charge is 2.49. The van der Waals surface area contributed by atoms with Crippen molar-refractivity contribution in [2.75, 3.05) is 12.4 Å². The van der Waals surface area contributed by atoms with Crippen LogP contribution in [0, 0.1) is 28.6 Å². The highest BCUT2D eigenvalue weighted by Crippen LogP contribution is 2.51. The Kier molecular flexibility index (Phi) is 7.41. The van der Waals surface area contributed by atoms with Crippen LogP contribution in [0.2, 0.25) is 0 Å². The minimum absolute atomic E-state index is 0.0685. The highest BCUT2D eigenvalue weighted by molar-refractivity contribution is 7.15. The quantitative estimate of drug-likeness (QED) is 0.443. The van der Waals surface area contributed by atoms with Crippen LogP contribution in [-0.2, 0) is 9.53 Å². The second-order valence-electron chi connectivity index (χ2n) is 10.8. The van der Waals surface area contributed by atoms with E-state index in [1.165, 1.54) is 24.9 Å². The van der Waals surface area contributed by atoms with Gasteiger partial charge < -0.3 is 15.2 Å². The summed E-state index contributed by atoms with van der Waals surface area (Å²) in [6, 6.07) is 1.77. The van der Waals surface area contributed by atoms with Gasteiger partial charge in [-0.05, 0) is 70.8 Å². The number of carbonyl (C=O) groups is 2. The Morgan fingerprint density at radius 1 is 1.16 bits per heavy atom. The third-order valence-electron chi connectivity index (χ3n) is 7.19. The Morgan fingerprint density at radius 3 is 2.34 bits per heavy atom. The summed E-state index contributed by atoms with van der Waals surface area (Å²) in [7, 11) is 1.34. The average molecular weight is 460 g/mol. The van der Waals surface area contributed by atoms with E-state index in [2.05, 4.69) is 24.1 Å². The zero-order chi connectivity index (χ0) is 23.6. The van der Waals surface area contributed by atoms with Gasteiger partial charge >= 0.3 is 5.97 Å². The summed E-state index contributed by atoms with van der Waals surface area (Å²) in [5.74, 6) is 5.62. The number of thiophene rings is 1. The van der Waals surface area contributed by atoms with Crippen molar-refractivity contribution in [1.82, 2.24) is 0 Å². The lowest BCUT2D eigenvalue weighted by Gasteiger charge is -2.50. The maximum atomic E-state index is 13.1. The second-order valence-corrected chi connectivity index (χ2v) is 11.8. The molecule has 0 atom stereocenters. The van der Waals surface area contributed by atoms with Gasteiger partial charge in [0.1, 0.15) is 4.88 Å². The molecule has 176 valence electrons. The summed E-state index contributed by atoms with van der Waals surface area (Å²) >= 11 is 1.24. The third kappa shape index (κ3) is 5.55. The lowest BCUT2D eigenvalue weighted by Crippen LogP contribution is -2.50. The van der Waals surface area contributed by atoms with Gasteiger partial charge in [0.05, 0.1) is 23.3 Å². The topological polar surface area (TPSA) is 75.6 Å². The largest absolute Gasteiger partial charge is 0.465 e. The van der Waals surface area contributed by atoms with Crippen LogP contribution in [0.25, 0.3) is 0 Å². The van der Waals surface area contributed by atoms with Gasteiger partial charge in [0.15, 0.2) is 0 Å². The van der Waals surface area contributed by atoms with E-state index in [4.69, 9.17) is 4.74 Å². The molecule has 0 aliphatic heterocycles. The van der Waals surface area contributed by atoms with E-state index in [-0.39, 0.29) is 22.7 Å². The molecule has 0 unspecified atom stereocenters. The Balaban J connectivity index is 1.70. The van der Waals surface area contributed by atoms with Crippen molar-refractivity contribution in [1.29, 1.82) is 0 Å². The van der Waals surface area contributed by atoms with Gasteiger partial charge in [0.25, 0.3) is 0 Å². The van der Waals surface area contributed by atoms with E-state index in [1.807, 2.05) is 20.8 Å². The number of rotatable bonds is 4. The Bertz CT molecular complexity index is 900. The number of carbonyl (C=O) groups excluding carboxylic acids is 2. The average Bonchev–Trinajstić information content (AvgIpc) is 3.15. The van der Waals surface area contributed by atoms with Crippen LogP contribution >= 0.6 is 11.3 Å². The van der Waals surface area contributed by atoms with Crippen molar-refractivity contribution >= 4 is 28.9 Å². The molecule has 6 heteroatoms. The molecule has 0 aromatic carbocycles. The van der Waals surface area contributed by atoms with Crippen molar-refractivity contribution in [3.05, 3.63) is 15.8 Å². The summed E-state index contributed by atoms with van der Waals surface area (Å²) in [6.07, 6.45) is 8.31. The molecule has 2 N–H and O–H groups in total. The number of amides is 1. The van der Waals surface area contributed by atoms with Crippen molar-refractivity contribution in [3.63, 3.8) is 0 Å². The first-order valence-electron chi connectivity index (χ1n) is 11.7. The SMILES string of the molecule is COC(=O)c1sc(C#CC(C)(C)C)cc1NC(=O)C1CCC(C)(C2(O)CCCCC2)CC1. The summed E-state index contributed by atoms with van der Waals surface area (Å²) in [6.45, 7) is 8.27. The van der Waals surface area contributed by atoms with Crippen LogP contribution in [0.3, 0.4) is 0 Å².